The standard InChI is InChI=1S/C27H32N2O6/c1-3-29(18(2)16-24(30)31)25(32)27(12-14-34-15-13-27)28-26(33)35-17-23-21-10-6-4-8-19(21)20-9-5-7-11-22(20)23/h4-11,18,23H,3,12-17H2,1-2H3,(H,28,33)(H,30,31). The number of hydrogen-bond acceptors (Lipinski definition) is 5. The first kappa shape index (κ1) is 24.7. The van der Waals surface area contributed by atoms with E-state index in [1.165, 1.54) is 4.90 Å². The number of aliphatic carboxylic acids is 1. The molecule has 2 N–H and O–H groups in total. The van der Waals surface area contributed by atoms with Crippen molar-refractivity contribution in [1.29, 1.82) is 0 Å². The minimum absolute atomic E-state index is 0.0859. The number of nitrogens with one attached hydrogen (secondary N) is 1. The van der Waals surface area contributed by atoms with Crippen LogP contribution in [0.15, 0.2) is 48.5 Å². The topological polar surface area (TPSA) is 105 Å². The molecule has 0 radical (unpaired) electrons. The molecule has 1 saturated heterocycles. The van der Waals surface area contributed by atoms with E-state index >= 15 is 0 Å². The minimum Gasteiger partial charge on any atom is -0.481 e. The van der Waals surface area contributed by atoms with Crippen molar-refractivity contribution >= 4 is 18.0 Å². The van der Waals surface area contributed by atoms with Crippen LogP contribution in [0.4, 0.5) is 4.79 Å². The number of carboxylic acids is 1. The van der Waals surface area contributed by atoms with Crippen LogP contribution in [0.3, 0.4) is 0 Å². The Bertz CT molecular complexity index is 1050. The molecule has 8 heteroatoms. The molecule has 2 aromatic rings. The van der Waals surface area contributed by atoms with E-state index in [1.54, 1.807) is 13.8 Å². The number of carbonyl (C=O) groups is 3. The lowest BCUT2D eigenvalue weighted by Crippen LogP contribution is -2.63. The monoisotopic (exact) mass is 480 g/mol. The summed E-state index contributed by atoms with van der Waals surface area (Å²) in [5.74, 6) is -1.36. The number of nitrogens with zero attached hydrogens (tertiary/aromatic N) is 1. The number of benzene rings is 2. The van der Waals surface area contributed by atoms with Gasteiger partial charge in [0.25, 0.3) is 0 Å². The SMILES string of the molecule is CCN(C(=O)C1(NC(=O)OCC2c3ccccc3-c3ccccc32)CCOCC1)C(C)CC(=O)O. The molecule has 186 valence electrons. The van der Waals surface area contributed by atoms with Crippen LogP contribution in [0, 0.1) is 0 Å². The van der Waals surface area contributed by atoms with Gasteiger partial charge in [-0.2, -0.15) is 0 Å². The predicted octanol–water partition coefficient (Wildman–Crippen LogP) is 3.79. The van der Waals surface area contributed by atoms with Gasteiger partial charge in [-0.25, -0.2) is 4.79 Å². The van der Waals surface area contributed by atoms with E-state index in [2.05, 4.69) is 17.4 Å². The largest absolute Gasteiger partial charge is 0.481 e. The van der Waals surface area contributed by atoms with Gasteiger partial charge in [-0.15, -0.1) is 0 Å². The molecule has 1 atom stereocenters. The number of hydrogen-bond donors (Lipinski definition) is 2. The van der Waals surface area contributed by atoms with Gasteiger partial charge in [0, 0.05) is 44.6 Å². The number of alkyl carbamates (subject to hydrolysis) is 1. The number of rotatable bonds is 8. The number of likely N-dealkylation sites (N-methyl/N-ethyl adjacent to an activating group) is 1. The first-order valence-corrected chi connectivity index (χ1v) is 12.1. The van der Waals surface area contributed by atoms with Gasteiger partial charge in [0.05, 0.1) is 6.42 Å². The summed E-state index contributed by atoms with van der Waals surface area (Å²) in [7, 11) is 0. The summed E-state index contributed by atoms with van der Waals surface area (Å²) in [6.07, 6.45) is -0.237. The second-order valence-corrected chi connectivity index (χ2v) is 9.18. The Hall–Kier alpha value is -3.39. The molecule has 2 aliphatic rings. The van der Waals surface area contributed by atoms with E-state index < -0.39 is 23.6 Å². The van der Waals surface area contributed by atoms with Gasteiger partial charge in [-0.1, -0.05) is 48.5 Å². The Morgan fingerprint density at radius 3 is 2.20 bits per heavy atom. The molecule has 1 aliphatic carbocycles. The highest BCUT2D eigenvalue weighted by molar-refractivity contribution is 5.90. The molecule has 8 nitrogen and oxygen atoms in total. The van der Waals surface area contributed by atoms with Crippen LogP contribution in [0.1, 0.15) is 50.2 Å². The number of fused-ring (bicyclic) bond motifs is 3. The van der Waals surface area contributed by atoms with Crippen molar-refractivity contribution in [2.45, 2.75) is 50.6 Å². The summed E-state index contributed by atoms with van der Waals surface area (Å²) in [5, 5.41) is 12.0. The zero-order chi connectivity index (χ0) is 25.0. The zero-order valence-corrected chi connectivity index (χ0v) is 20.2. The molecule has 1 heterocycles. The smallest absolute Gasteiger partial charge is 0.408 e. The lowest BCUT2D eigenvalue weighted by molar-refractivity contribution is -0.146. The summed E-state index contributed by atoms with van der Waals surface area (Å²) in [4.78, 5) is 39.4. The number of amides is 2. The van der Waals surface area contributed by atoms with Gasteiger partial charge in [-0.05, 0) is 36.1 Å². The fraction of sp³-hybridized carbons (Fsp3) is 0.444. The van der Waals surface area contributed by atoms with E-state index in [-0.39, 0.29) is 24.9 Å². The molecule has 0 spiro atoms. The normalized spacial score (nSPS) is 17.1. The van der Waals surface area contributed by atoms with Crippen LogP contribution in [-0.4, -0.2) is 65.9 Å². The summed E-state index contributed by atoms with van der Waals surface area (Å²) < 4.78 is 11.2. The first-order valence-electron chi connectivity index (χ1n) is 12.1. The third kappa shape index (κ3) is 5.03. The van der Waals surface area contributed by atoms with Gasteiger partial charge >= 0.3 is 12.1 Å². The Labute approximate surface area is 205 Å². The maximum absolute atomic E-state index is 13.6. The number of carboxylic acid groups (broad SMARTS) is 1. The van der Waals surface area contributed by atoms with E-state index in [4.69, 9.17) is 9.47 Å². The lowest BCUT2D eigenvalue weighted by atomic mass is 9.87. The van der Waals surface area contributed by atoms with Crippen molar-refractivity contribution in [2.75, 3.05) is 26.4 Å². The molecule has 0 saturated carbocycles. The van der Waals surface area contributed by atoms with Crippen molar-refractivity contribution in [1.82, 2.24) is 10.2 Å². The Morgan fingerprint density at radius 2 is 1.66 bits per heavy atom. The summed E-state index contributed by atoms with van der Waals surface area (Å²) >= 11 is 0. The summed E-state index contributed by atoms with van der Waals surface area (Å²) in [6.45, 7) is 4.63. The molecule has 1 fully saturated rings. The van der Waals surface area contributed by atoms with Crippen LogP contribution in [0.25, 0.3) is 11.1 Å². The Kier molecular flexibility index (Phi) is 7.40. The molecule has 35 heavy (non-hydrogen) atoms. The third-order valence-corrected chi connectivity index (χ3v) is 7.04. The predicted molar refractivity (Wildman–Crippen MR) is 130 cm³/mol. The van der Waals surface area contributed by atoms with Gasteiger partial charge in [0.15, 0.2) is 0 Å². The van der Waals surface area contributed by atoms with Gasteiger partial charge in [0.2, 0.25) is 5.91 Å². The Morgan fingerprint density at radius 1 is 1.09 bits per heavy atom. The van der Waals surface area contributed by atoms with Crippen molar-refractivity contribution in [3.63, 3.8) is 0 Å². The number of ether oxygens (including phenoxy) is 2. The van der Waals surface area contributed by atoms with Gasteiger partial charge in [0.1, 0.15) is 12.1 Å². The molecular formula is C27H32N2O6. The van der Waals surface area contributed by atoms with Crippen molar-refractivity contribution < 1.29 is 29.0 Å². The van der Waals surface area contributed by atoms with E-state index in [9.17, 15) is 19.5 Å². The fourth-order valence-electron chi connectivity index (χ4n) is 5.24. The minimum atomic E-state index is -1.19. The van der Waals surface area contributed by atoms with E-state index in [0.717, 1.165) is 22.3 Å². The average Bonchev–Trinajstić information content (AvgIpc) is 3.17. The molecule has 2 amide bonds. The second-order valence-electron chi connectivity index (χ2n) is 9.18. The Balaban J connectivity index is 1.49. The van der Waals surface area contributed by atoms with Crippen molar-refractivity contribution in [3.8, 4) is 11.1 Å². The fourth-order valence-corrected chi connectivity index (χ4v) is 5.24. The van der Waals surface area contributed by atoms with Crippen molar-refractivity contribution in [3.05, 3.63) is 59.7 Å². The van der Waals surface area contributed by atoms with Crippen molar-refractivity contribution in [2.24, 2.45) is 0 Å². The summed E-state index contributed by atoms with van der Waals surface area (Å²) in [6, 6.07) is 15.7. The highest BCUT2D eigenvalue weighted by Gasteiger charge is 2.45. The molecule has 2 aromatic carbocycles. The quantitative estimate of drug-likeness (QED) is 0.596. The first-order chi connectivity index (χ1) is 16.9. The van der Waals surface area contributed by atoms with E-state index in [1.807, 2.05) is 36.4 Å². The molecule has 4 rings (SSSR count). The molecule has 0 bridgehead atoms. The molecule has 1 aliphatic heterocycles. The maximum Gasteiger partial charge on any atom is 0.408 e. The lowest BCUT2D eigenvalue weighted by Gasteiger charge is -2.41. The highest BCUT2D eigenvalue weighted by Crippen LogP contribution is 2.44. The maximum atomic E-state index is 13.6. The molecule has 1 unspecified atom stereocenters. The highest BCUT2D eigenvalue weighted by atomic mass is 16.5. The number of carbonyl (C=O) groups excluding carboxylic acids is 2. The van der Waals surface area contributed by atoms with Gasteiger partial charge < -0.3 is 24.8 Å². The van der Waals surface area contributed by atoms with Crippen LogP contribution in [-0.2, 0) is 19.1 Å². The third-order valence-electron chi connectivity index (χ3n) is 7.04. The average molecular weight is 481 g/mol. The van der Waals surface area contributed by atoms with Gasteiger partial charge in [-0.3, -0.25) is 9.59 Å². The molecular weight excluding hydrogens is 448 g/mol. The van der Waals surface area contributed by atoms with Crippen LogP contribution in [0.5, 0.6) is 0 Å². The van der Waals surface area contributed by atoms with E-state index in [0.29, 0.717) is 32.6 Å². The van der Waals surface area contributed by atoms with Crippen LogP contribution >= 0.6 is 0 Å². The second kappa shape index (κ2) is 10.5. The summed E-state index contributed by atoms with van der Waals surface area (Å²) in [5.41, 5.74) is 3.30. The van der Waals surface area contributed by atoms with Crippen LogP contribution < -0.4 is 5.32 Å². The zero-order valence-electron chi connectivity index (χ0n) is 20.2. The van der Waals surface area contributed by atoms with Crippen LogP contribution in [0.2, 0.25) is 0 Å². The molecule has 0 aromatic heterocycles.